The molecule has 1 aliphatic heterocycles. The van der Waals surface area contributed by atoms with Gasteiger partial charge in [0.1, 0.15) is 0 Å². The first-order valence-corrected chi connectivity index (χ1v) is 7.75. The fourth-order valence-corrected chi connectivity index (χ4v) is 3.19. The molecule has 0 saturated carbocycles. The predicted molar refractivity (Wildman–Crippen MR) is 83.8 cm³/mol. The standard InChI is InChI=1S/C17H28N2O/c1-14(2)19-10-9-18(13-17(19)8-11-20)12-16-7-5-4-6-15(16)3/h4-7,14,17,20H,8-13H2,1-3H3/t17-/m1/s1. The number of hydrogen-bond donors (Lipinski definition) is 1. The molecule has 1 aromatic carbocycles. The van der Waals surface area contributed by atoms with E-state index >= 15 is 0 Å². The monoisotopic (exact) mass is 276 g/mol. The van der Waals surface area contributed by atoms with Crippen LogP contribution in [0.4, 0.5) is 0 Å². The second-order valence-electron chi connectivity index (χ2n) is 6.16. The molecule has 3 heteroatoms. The molecular weight excluding hydrogens is 248 g/mol. The zero-order valence-electron chi connectivity index (χ0n) is 13.0. The Kier molecular flexibility index (Phi) is 5.58. The van der Waals surface area contributed by atoms with Gasteiger partial charge in [-0.25, -0.2) is 0 Å². The second kappa shape index (κ2) is 7.21. The molecule has 0 radical (unpaired) electrons. The minimum Gasteiger partial charge on any atom is -0.396 e. The molecule has 0 aromatic heterocycles. The molecule has 0 aliphatic carbocycles. The van der Waals surface area contributed by atoms with Crippen molar-refractivity contribution in [1.82, 2.24) is 9.80 Å². The van der Waals surface area contributed by atoms with Crippen LogP contribution < -0.4 is 0 Å². The highest BCUT2D eigenvalue weighted by molar-refractivity contribution is 5.25. The molecule has 1 saturated heterocycles. The smallest absolute Gasteiger partial charge is 0.0446 e. The number of nitrogens with zero attached hydrogens (tertiary/aromatic N) is 2. The number of benzene rings is 1. The van der Waals surface area contributed by atoms with E-state index in [9.17, 15) is 5.11 Å². The number of piperazine rings is 1. The van der Waals surface area contributed by atoms with Crippen molar-refractivity contribution in [3.05, 3.63) is 35.4 Å². The Morgan fingerprint density at radius 1 is 1.25 bits per heavy atom. The Morgan fingerprint density at radius 3 is 2.65 bits per heavy atom. The Labute approximate surface area is 123 Å². The minimum absolute atomic E-state index is 0.284. The summed E-state index contributed by atoms with van der Waals surface area (Å²) in [6.45, 7) is 11.3. The van der Waals surface area contributed by atoms with E-state index < -0.39 is 0 Å². The van der Waals surface area contributed by atoms with E-state index in [2.05, 4.69) is 54.8 Å². The van der Waals surface area contributed by atoms with Crippen molar-refractivity contribution in [1.29, 1.82) is 0 Å². The van der Waals surface area contributed by atoms with Gasteiger partial charge in [-0.05, 0) is 38.3 Å². The summed E-state index contributed by atoms with van der Waals surface area (Å²) in [7, 11) is 0. The molecule has 112 valence electrons. The van der Waals surface area contributed by atoms with Crippen LogP contribution in [0.25, 0.3) is 0 Å². The number of aliphatic hydroxyl groups excluding tert-OH is 1. The van der Waals surface area contributed by atoms with Gasteiger partial charge in [-0.3, -0.25) is 9.80 Å². The molecule has 0 spiro atoms. The van der Waals surface area contributed by atoms with Gasteiger partial charge >= 0.3 is 0 Å². The van der Waals surface area contributed by atoms with Gasteiger partial charge in [-0.2, -0.15) is 0 Å². The number of rotatable bonds is 5. The van der Waals surface area contributed by atoms with Crippen LogP contribution in [0.5, 0.6) is 0 Å². The van der Waals surface area contributed by atoms with Crippen LogP contribution in [0.3, 0.4) is 0 Å². The fourth-order valence-electron chi connectivity index (χ4n) is 3.19. The molecule has 1 N–H and O–H groups in total. The van der Waals surface area contributed by atoms with Crippen LogP contribution in [0.1, 0.15) is 31.4 Å². The van der Waals surface area contributed by atoms with Crippen molar-refractivity contribution in [2.24, 2.45) is 0 Å². The molecule has 1 atom stereocenters. The third-order valence-electron chi connectivity index (χ3n) is 4.39. The SMILES string of the molecule is Cc1ccccc1CN1CCN(C(C)C)[C@H](CCO)C1. The lowest BCUT2D eigenvalue weighted by atomic mass is 10.0. The quantitative estimate of drug-likeness (QED) is 0.894. The van der Waals surface area contributed by atoms with Gasteiger partial charge in [-0.15, -0.1) is 0 Å². The molecule has 0 bridgehead atoms. The third kappa shape index (κ3) is 3.81. The first-order chi connectivity index (χ1) is 9.61. The molecule has 1 aromatic rings. The maximum Gasteiger partial charge on any atom is 0.0446 e. The molecule has 1 aliphatic rings. The summed E-state index contributed by atoms with van der Waals surface area (Å²) in [6.07, 6.45) is 0.877. The molecule has 20 heavy (non-hydrogen) atoms. The Bertz CT molecular complexity index is 419. The molecule has 1 heterocycles. The van der Waals surface area contributed by atoms with Gasteiger partial charge < -0.3 is 5.11 Å². The molecule has 0 amide bonds. The fraction of sp³-hybridized carbons (Fsp3) is 0.647. The summed E-state index contributed by atoms with van der Waals surface area (Å²) in [5, 5.41) is 9.29. The van der Waals surface area contributed by atoms with Crippen molar-refractivity contribution >= 4 is 0 Å². The van der Waals surface area contributed by atoms with E-state index in [4.69, 9.17) is 0 Å². The zero-order chi connectivity index (χ0) is 14.5. The maximum atomic E-state index is 9.29. The topological polar surface area (TPSA) is 26.7 Å². The van der Waals surface area contributed by atoms with E-state index in [0.717, 1.165) is 32.6 Å². The molecular formula is C17H28N2O. The number of aryl methyl sites for hydroxylation is 1. The van der Waals surface area contributed by atoms with E-state index in [-0.39, 0.29) is 6.61 Å². The largest absolute Gasteiger partial charge is 0.396 e. The van der Waals surface area contributed by atoms with Crippen molar-refractivity contribution in [3.63, 3.8) is 0 Å². The highest BCUT2D eigenvalue weighted by atomic mass is 16.3. The summed E-state index contributed by atoms with van der Waals surface area (Å²) in [6, 6.07) is 9.68. The average Bonchev–Trinajstić information content (AvgIpc) is 2.42. The van der Waals surface area contributed by atoms with E-state index in [1.165, 1.54) is 11.1 Å². The van der Waals surface area contributed by atoms with Crippen LogP contribution >= 0.6 is 0 Å². The summed E-state index contributed by atoms with van der Waals surface area (Å²) in [4.78, 5) is 5.06. The van der Waals surface area contributed by atoms with Crippen molar-refractivity contribution < 1.29 is 5.11 Å². The summed E-state index contributed by atoms with van der Waals surface area (Å²) >= 11 is 0. The number of hydrogen-bond acceptors (Lipinski definition) is 3. The van der Waals surface area contributed by atoms with Gasteiger partial charge in [0.25, 0.3) is 0 Å². The van der Waals surface area contributed by atoms with Crippen LogP contribution in [-0.4, -0.2) is 53.2 Å². The molecule has 3 nitrogen and oxygen atoms in total. The van der Waals surface area contributed by atoms with Crippen LogP contribution in [-0.2, 0) is 6.54 Å². The molecule has 1 fully saturated rings. The normalized spacial score (nSPS) is 21.6. The second-order valence-corrected chi connectivity index (χ2v) is 6.16. The van der Waals surface area contributed by atoms with E-state index in [1.54, 1.807) is 0 Å². The van der Waals surface area contributed by atoms with Crippen molar-refractivity contribution in [2.75, 3.05) is 26.2 Å². The van der Waals surface area contributed by atoms with Gasteiger partial charge in [0, 0.05) is 44.9 Å². The van der Waals surface area contributed by atoms with E-state index in [0.29, 0.717) is 12.1 Å². The lowest BCUT2D eigenvalue weighted by molar-refractivity contribution is 0.0348. The third-order valence-corrected chi connectivity index (χ3v) is 4.39. The van der Waals surface area contributed by atoms with Gasteiger partial charge in [0.15, 0.2) is 0 Å². The van der Waals surface area contributed by atoms with Gasteiger partial charge in [0.2, 0.25) is 0 Å². The first kappa shape index (κ1) is 15.5. The zero-order valence-corrected chi connectivity index (χ0v) is 13.0. The summed E-state index contributed by atoms with van der Waals surface area (Å²) in [5.41, 5.74) is 2.80. The van der Waals surface area contributed by atoms with Crippen LogP contribution in [0.2, 0.25) is 0 Å². The Hall–Kier alpha value is -0.900. The highest BCUT2D eigenvalue weighted by Gasteiger charge is 2.28. The van der Waals surface area contributed by atoms with Crippen molar-refractivity contribution in [2.45, 2.75) is 45.8 Å². The van der Waals surface area contributed by atoms with Gasteiger partial charge in [-0.1, -0.05) is 24.3 Å². The first-order valence-electron chi connectivity index (χ1n) is 7.75. The summed E-state index contributed by atoms with van der Waals surface area (Å²) in [5.74, 6) is 0. The van der Waals surface area contributed by atoms with Crippen LogP contribution in [0, 0.1) is 6.92 Å². The highest BCUT2D eigenvalue weighted by Crippen LogP contribution is 2.19. The lowest BCUT2D eigenvalue weighted by Gasteiger charge is -2.43. The minimum atomic E-state index is 0.284. The predicted octanol–water partition coefficient (Wildman–Crippen LogP) is 2.27. The lowest BCUT2D eigenvalue weighted by Crippen LogP contribution is -2.55. The molecule has 2 rings (SSSR count). The summed E-state index contributed by atoms with van der Waals surface area (Å²) < 4.78 is 0. The Balaban J connectivity index is 1.99. The number of aliphatic hydroxyl groups is 1. The Morgan fingerprint density at radius 2 is 2.00 bits per heavy atom. The average molecular weight is 276 g/mol. The molecule has 0 unspecified atom stereocenters. The van der Waals surface area contributed by atoms with Crippen molar-refractivity contribution in [3.8, 4) is 0 Å². The van der Waals surface area contributed by atoms with Gasteiger partial charge in [0.05, 0.1) is 0 Å². The maximum absolute atomic E-state index is 9.29. The van der Waals surface area contributed by atoms with Crippen LogP contribution in [0.15, 0.2) is 24.3 Å². The van der Waals surface area contributed by atoms with E-state index in [1.807, 2.05) is 0 Å².